The molecule has 0 aromatic carbocycles. The van der Waals surface area contributed by atoms with Gasteiger partial charge in [-0.2, -0.15) is 5.10 Å². The van der Waals surface area contributed by atoms with Crippen LogP contribution < -0.4 is 11.1 Å². The summed E-state index contributed by atoms with van der Waals surface area (Å²) >= 11 is 1.34. The fourth-order valence-corrected chi connectivity index (χ4v) is 2.22. The van der Waals surface area contributed by atoms with E-state index in [1.807, 2.05) is 19.2 Å². The summed E-state index contributed by atoms with van der Waals surface area (Å²) in [5, 5.41) is 15.8. The number of amides is 1. The number of carbonyl (C=O) groups is 1. The molecule has 0 fully saturated rings. The van der Waals surface area contributed by atoms with E-state index in [-0.39, 0.29) is 11.8 Å². The number of anilines is 1. The largest absolute Gasteiger partial charge is 0.374 e. The van der Waals surface area contributed by atoms with E-state index < -0.39 is 0 Å². The average Bonchev–Trinajstić information content (AvgIpc) is 3.01. The van der Waals surface area contributed by atoms with Gasteiger partial charge in [-0.25, -0.2) is 0 Å². The van der Waals surface area contributed by atoms with Gasteiger partial charge >= 0.3 is 0 Å². The minimum Gasteiger partial charge on any atom is -0.374 e. The molecular formula is C11H16N6OS. The van der Waals surface area contributed by atoms with Crippen LogP contribution in [0.3, 0.4) is 0 Å². The molecule has 102 valence electrons. The molecule has 0 radical (unpaired) electrons. The summed E-state index contributed by atoms with van der Waals surface area (Å²) in [6, 6.07) is 1.84. The molecule has 0 aliphatic rings. The summed E-state index contributed by atoms with van der Waals surface area (Å²) in [5.41, 5.74) is 5.48. The Balaban J connectivity index is 1.71. The predicted octanol–water partition coefficient (Wildman–Crippen LogP) is 0.312. The second-order valence-electron chi connectivity index (χ2n) is 4.20. The van der Waals surface area contributed by atoms with Gasteiger partial charge in [0.05, 0.1) is 12.5 Å². The normalized spacial score (nSPS) is 12.3. The van der Waals surface area contributed by atoms with Crippen LogP contribution in [0.25, 0.3) is 0 Å². The van der Waals surface area contributed by atoms with Gasteiger partial charge in [-0.15, -0.1) is 10.2 Å². The molecule has 0 saturated carbocycles. The first kappa shape index (κ1) is 13.5. The minimum absolute atomic E-state index is 0.00740. The second kappa shape index (κ2) is 6.28. The Hall–Kier alpha value is -1.96. The summed E-state index contributed by atoms with van der Waals surface area (Å²) in [7, 11) is 0. The number of hydrogen-bond donors (Lipinski definition) is 2. The fourth-order valence-electron chi connectivity index (χ4n) is 1.61. The molecule has 2 heterocycles. The van der Waals surface area contributed by atoms with Crippen LogP contribution in [0, 0.1) is 5.92 Å². The third-order valence-electron chi connectivity index (χ3n) is 2.59. The summed E-state index contributed by atoms with van der Waals surface area (Å²) in [6.07, 6.45) is 4.19. The van der Waals surface area contributed by atoms with Crippen LogP contribution in [0.5, 0.6) is 0 Å². The van der Waals surface area contributed by atoms with Crippen molar-refractivity contribution in [3.8, 4) is 0 Å². The molecule has 3 N–H and O–H groups in total. The number of hydrogen-bond acceptors (Lipinski definition) is 6. The van der Waals surface area contributed by atoms with E-state index in [0.717, 1.165) is 5.01 Å². The van der Waals surface area contributed by atoms with E-state index in [9.17, 15) is 4.79 Å². The van der Waals surface area contributed by atoms with Crippen molar-refractivity contribution >= 4 is 22.4 Å². The highest BCUT2D eigenvalue weighted by molar-refractivity contribution is 7.15. The maximum Gasteiger partial charge on any atom is 0.224 e. The van der Waals surface area contributed by atoms with E-state index in [1.165, 1.54) is 11.3 Å². The van der Waals surface area contributed by atoms with Crippen molar-refractivity contribution in [2.75, 3.05) is 12.3 Å². The van der Waals surface area contributed by atoms with Gasteiger partial charge in [0.15, 0.2) is 0 Å². The van der Waals surface area contributed by atoms with E-state index in [4.69, 9.17) is 5.73 Å². The number of nitrogens with one attached hydrogen (secondary N) is 1. The SMILES string of the molecule is CC(Cn1cccn1)C(=O)NCCc1nnc(N)s1. The maximum atomic E-state index is 11.9. The molecule has 1 atom stereocenters. The molecule has 0 bridgehead atoms. The van der Waals surface area contributed by atoms with Gasteiger partial charge in [0.2, 0.25) is 11.0 Å². The first-order valence-electron chi connectivity index (χ1n) is 5.98. The van der Waals surface area contributed by atoms with Crippen molar-refractivity contribution in [1.82, 2.24) is 25.3 Å². The quantitative estimate of drug-likeness (QED) is 0.793. The van der Waals surface area contributed by atoms with Crippen molar-refractivity contribution in [3.63, 3.8) is 0 Å². The molecule has 2 aromatic rings. The maximum absolute atomic E-state index is 11.9. The van der Waals surface area contributed by atoms with E-state index in [2.05, 4.69) is 20.6 Å². The molecule has 7 nitrogen and oxygen atoms in total. The average molecular weight is 280 g/mol. The molecule has 19 heavy (non-hydrogen) atoms. The molecule has 2 rings (SSSR count). The van der Waals surface area contributed by atoms with Crippen LogP contribution in [-0.4, -0.2) is 32.4 Å². The van der Waals surface area contributed by atoms with Crippen molar-refractivity contribution in [1.29, 1.82) is 0 Å². The lowest BCUT2D eigenvalue weighted by molar-refractivity contribution is -0.124. The molecule has 0 aliphatic carbocycles. The van der Waals surface area contributed by atoms with E-state index in [1.54, 1.807) is 10.9 Å². The highest BCUT2D eigenvalue weighted by atomic mass is 32.1. The van der Waals surface area contributed by atoms with Crippen LogP contribution in [0.4, 0.5) is 5.13 Å². The lowest BCUT2D eigenvalue weighted by Gasteiger charge is -2.11. The smallest absolute Gasteiger partial charge is 0.224 e. The summed E-state index contributed by atoms with van der Waals surface area (Å²) in [6.45, 7) is 2.99. The molecule has 0 aliphatic heterocycles. The van der Waals surface area contributed by atoms with E-state index >= 15 is 0 Å². The van der Waals surface area contributed by atoms with Gasteiger partial charge in [0.1, 0.15) is 5.01 Å². The van der Waals surface area contributed by atoms with Gasteiger partial charge in [-0.1, -0.05) is 18.3 Å². The minimum atomic E-state index is -0.126. The Morgan fingerprint density at radius 1 is 1.58 bits per heavy atom. The van der Waals surface area contributed by atoms with Crippen LogP contribution in [0.15, 0.2) is 18.5 Å². The summed E-state index contributed by atoms with van der Waals surface area (Å²) in [4.78, 5) is 11.9. The highest BCUT2D eigenvalue weighted by Gasteiger charge is 2.13. The zero-order valence-corrected chi connectivity index (χ0v) is 11.4. The first-order valence-corrected chi connectivity index (χ1v) is 6.80. The molecule has 8 heteroatoms. The molecule has 0 saturated heterocycles. The van der Waals surface area contributed by atoms with Gasteiger partial charge < -0.3 is 11.1 Å². The number of carbonyl (C=O) groups excluding carboxylic acids is 1. The first-order chi connectivity index (χ1) is 9.15. The molecule has 1 unspecified atom stereocenters. The van der Waals surface area contributed by atoms with Crippen LogP contribution >= 0.6 is 11.3 Å². The third kappa shape index (κ3) is 4.02. The number of nitrogens with two attached hydrogens (primary N) is 1. The second-order valence-corrected chi connectivity index (χ2v) is 5.30. The topological polar surface area (TPSA) is 98.7 Å². The number of nitrogens with zero attached hydrogens (tertiary/aromatic N) is 4. The Kier molecular flexibility index (Phi) is 4.45. The Morgan fingerprint density at radius 2 is 2.42 bits per heavy atom. The van der Waals surface area contributed by atoms with Gasteiger partial charge in [0, 0.05) is 25.4 Å². The molecule has 0 spiro atoms. The predicted molar refractivity (Wildman–Crippen MR) is 72.4 cm³/mol. The summed E-state index contributed by atoms with van der Waals surface area (Å²) < 4.78 is 1.75. The third-order valence-corrected chi connectivity index (χ3v) is 3.40. The van der Waals surface area contributed by atoms with Crippen molar-refractivity contribution in [3.05, 3.63) is 23.5 Å². The Bertz CT molecular complexity index is 523. The van der Waals surface area contributed by atoms with Crippen molar-refractivity contribution < 1.29 is 4.79 Å². The molecule has 2 aromatic heterocycles. The monoisotopic (exact) mass is 280 g/mol. The van der Waals surface area contributed by atoms with Crippen LogP contribution in [0.1, 0.15) is 11.9 Å². The zero-order chi connectivity index (χ0) is 13.7. The Labute approximate surface area is 114 Å². The molecular weight excluding hydrogens is 264 g/mol. The highest BCUT2D eigenvalue weighted by Crippen LogP contribution is 2.10. The van der Waals surface area contributed by atoms with Crippen molar-refractivity contribution in [2.45, 2.75) is 19.9 Å². The number of aromatic nitrogens is 4. The summed E-state index contributed by atoms with van der Waals surface area (Å²) in [5.74, 6) is -0.118. The number of nitrogen functional groups attached to an aromatic ring is 1. The zero-order valence-electron chi connectivity index (χ0n) is 10.6. The van der Waals surface area contributed by atoms with E-state index in [0.29, 0.717) is 24.6 Å². The fraction of sp³-hybridized carbons (Fsp3) is 0.455. The van der Waals surface area contributed by atoms with Crippen LogP contribution in [0.2, 0.25) is 0 Å². The van der Waals surface area contributed by atoms with Gasteiger partial charge in [-0.05, 0) is 6.07 Å². The van der Waals surface area contributed by atoms with Crippen LogP contribution in [-0.2, 0) is 17.8 Å². The van der Waals surface area contributed by atoms with Gasteiger partial charge in [0.25, 0.3) is 0 Å². The Morgan fingerprint density at radius 3 is 3.05 bits per heavy atom. The lowest BCUT2D eigenvalue weighted by atomic mass is 10.1. The standard InChI is InChI=1S/C11H16N6OS/c1-8(7-17-6-2-4-14-17)10(18)13-5-3-9-15-16-11(12)19-9/h2,4,6,8H,3,5,7H2,1H3,(H2,12,16)(H,13,18). The van der Waals surface area contributed by atoms with Gasteiger partial charge in [-0.3, -0.25) is 9.48 Å². The lowest BCUT2D eigenvalue weighted by Crippen LogP contribution is -2.33. The molecule has 1 amide bonds. The van der Waals surface area contributed by atoms with Crippen molar-refractivity contribution in [2.24, 2.45) is 5.92 Å². The number of rotatable bonds is 6.